The van der Waals surface area contributed by atoms with Crippen molar-refractivity contribution in [2.45, 2.75) is 64.5 Å². The number of rotatable bonds is 21. The molecule has 4 amide bonds. The van der Waals surface area contributed by atoms with Gasteiger partial charge in [0.05, 0.1) is 0 Å². The van der Waals surface area contributed by atoms with Crippen LogP contribution in [0.15, 0.2) is 0 Å². The third-order valence-electron chi connectivity index (χ3n) is 6.32. The molecule has 0 fully saturated rings. The molecule has 37 heavy (non-hydrogen) atoms. The van der Waals surface area contributed by atoms with E-state index in [2.05, 4.69) is 5.32 Å². The van der Waals surface area contributed by atoms with Gasteiger partial charge in [-0.1, -0.05) is 12.8 Å². The summed E-state index contributed by atoms with van der Waals surface area (Å²) in [4.78, 5) is 38.9. The summed E-state index contributed by atoms with van der Waals surface area (Å²) in [7, 11) is 4.01. The number of carbonyl (C=O) groups excluding carboxylic acids is 3. The molecule has 0 bridgehead atoms. The Hall–Kier alpha value is -1.40. The minimum Gasteiger partial charge on any atom is -0.377 e. The second kappa shape index (κ2) is 19.6. The molecular weight excluding hydrogens is 518 g/mol. The largest absolute Gasteiger partial charge is 0.500 e. The minimum absolute atomic E-state index is 0.140. The molecule has 0 aromatic heterocycles. The summed E-state index contributed by atoms with van der Waals surface area (Å²) in [6.45, 7) is 4.79. The molecule has 0 aliphatic carbocycles. The van der Waals surface area contributed by atoms with Crippen molar-refractivity contribution in [2.75, 3.05) is 68.8 Å². The standard InChI is InChI=1S/C23H49N3O9Si2/c1-21(27)26(22(2)28)18-12-10-9-11-15-24-23(29)25(16-13-19-36(30-3,31-4)32-5)17-14-20-37(33-6,34-7)35-8/h9-20H2,1-8H3,(H,24,29). The van der Waals surface area contributed by atoms with Gasteiger partial charge in [-0.3, -0.25) is 14.5 Å². The van der Waals surface area contributed by atoms with Crippen LogP contribution in [0.2, 0.25) is 12.1 Å². The highest BCUT2D eigenvalue weighted by Crippen LogP contribution is 2.18. The number of nitrogens with zero attached hydrogens (tertiary/aromatic N) is 2. The smallest absolute Gasteiger partial charge is 0.377 e. The molecule has 0 spiro atoms. The maximum absolute atomic E-state index is 13.0. The Morgan fingerprint density at radius 2 is 1.00 bits per heavy atom. The van der Waals surface area contributed by atoms with Crippen LogP contribution < -0.4 is 5.32 Å². The molecule has 218 valence electrons. The first-order chi connectivity index (χ1) is 17.6. The van der Waals surface area contributed by atoms with Crippen LogP contribution in [-0.2, 0) is 36.1 Å². The Labute approximate surface area is 225 Å². The molecule has 14 heteroatoms. The fraction of sp³-hybridized carbons (Fsp3) is 0.870. The second-order valence-electron chi connectivity index (χ2n) is 8.62. The van der Waals surface area contributed by atoms with Crippen LogP contribution in [0.4, 0.5) is 4.79 Å². The van der Waals surface area contributed by atoms with Gasteiger partial charge >= 0.3 is 23.6 Å². The highest BCUT2D eigenvalue weighted by molar-refractivity contribution is 6.60. The van der Waals surface area contributed by atoms with E-state index in [4.69, 9.17) is 26.6 Å². The van der Waals surface area contributed by atoms with Gasteiger partial charge in [-0.15, -0.1) is 0 Å². The van der Waals surface area contributed by atoms with Crippen LogP contribution in [0.5, 0.6) is 0 Å². The summed E-state index contributed by atoms with van der Waals surface area (Å²) < 4.78 is 32.9. The number of carbonyl (C=O) groups is 3. The molecule has 0 atom stereocenters. The number of amides is 4. The molecule has 0 aromatic rings. The van der Waals surface area contributed by atoms with Gasteiger partial charge in [0.2, 0.25) is 11.8 Å². The van der Waals surface area contributed by atoms with Gasteiger partial charge in [0.15, 0.2) is 0 Å². The Kier molecular flexibility index (Phi) is 18.9. The first-order valence-electron chi connectivity index (χ1n) is 12.7. The van der Waals surface area contributed by atoms with Crippen molar-refractivity contribution in [1.29, 1.82) is 0 Å². The topological polar surface area (TPSA) is 125 Å². The van der Waals surface area contributed by atoms with Gasteiger partial charge < -0.3 is 36.8 Å². The van der Waals surface area contributed by atoms with Gasteiger partial charge in [0.1, 0.15) is 0 Å². The second-order valence-corrected chi connectivity index (χ2v) is 14.8. The number of hydrogen-bond donors (Lipinski definition) is 1. The Bertz CT molecular complexity index is 609. The Morgan fingerprint density at radius 1 is 0.595 bits per heavy atom. The zero-order chi connectivity index (χ0) is 28.3. The van der Waals surface area contributed by atoms with E-state index in [0.29, 0.717) is 51.1 Å². The summed E-state index contributed by atoms with van der Waals surface area (Å²) >= 11 is 0. The van der Waals surface area contributed by atoms with Crippen molar-refractivity contribution in [3.63, 3.8) is 0 Å². The van der Waals surface area contributed by atoms with Gasteiger partial charge in [-0.25, -0.2) is 4.79 Å². The van der Waals surface area contributed by atoms with Gasteiger partial charge in [-0.2, -0.15) is 0 Å². The van der Waals surface area contributed by atoms with Crippen molar-refractivity contribution in [3.8, 4) is 0 Å². The van der Waals surface area contributed by atoms with Crippen LogP contribution in [0.25, 0.3) is 0 Å². The van der Waals surface area contributed by atoms with Crippen LogP contribution in [0.3, 0.4) is 0 Å². The lowest BCUT2D eigenvalue weighted by Crippen LogP contribution is -2.46. The quantitative estimate of drug-likeness (QED) is 0.164. The third kappa shape index (κ3) is 13.3. The predicted octanol–water partition coefficient (Wildman–Crippen LogP) is 2.49. The SMILES string of the molecule is CO[Si](CCCN(CCC[Si](OC)(OC)OC)C(=O)NCCCCCCN(C(C)=O)C(C)=O)(OC)OC. The van der Waals surface area contributed by atoms with Crippen molar-refractivity contribution in [2.24, 2.45) is 0 Å². The van der Waals surface area contributed by atoms with Gasteiger partial charge in [0, 0.05) is 94.8 Å². The lowest BCUT2D eigenvalue weighted by molar-refractivity contribution is -0.142. The van der Waals surface area contributed by atoms with Crippen molar-refractivity contribution in [1.82, 2.24) is 15.1 Å². The summed E-state index contributed by atoms with van der Waals surface area (Å²) in [5.74, 6) is -0.467. The lowest BCUT2D eigenvalue weighted by atomic mass is 10.2. The summed E-state index contributed by atoms with van der Waals surface area (Å²) in [5.41, 5.74) is 0. The molecule has 0 heterocycles. The molecule has 0 aromatic carbocycles. The zero-order valence-electron chi connectivity index (χ0n) is 24.1. The number of imide groups is 1. The van der Waals surface area contributed by atoms with Crippen LogP contribution in [-0.4, -0.2) is 114 Å². The molecule has 0 saturated carbocycles. The molecule has 0 saturated heterocycles. The zero-order valence-corrected chi connectivity index (χ0v) is 26.1. The number of unbranched alkanes of at least 4 members (excludes halogenated alkanes) is 3. The van der Waals surface area contributed by atoms with E-state index in [9.17, 15) is 14.4 Å². The average molecular weight is 568 g/mol. The van der Waals surface area contributed by atoms with E-state index in [0.717, 1.165) is 25.7 Å². The molecular formula is C23H49N3O9Si2. The fourth-order valence-electron chi connectivity index (χ4n) is 3.99. The van der Waals surface area contributed by atoms with Gasteiger partial charge in [0.25, 0.3) is 0 Å². The molecule has 0 unspecified atom stereocenters. The Morgan fingerprint density at radius 3 is 1.38 bits per heavy atom. The number of hydrogen-bond acceptors (Lipinski definition) is 9. The summed E-state index contributed by atoms with van der Waals surface area (Å²) in [6, 6.07) is 1.04. The summed E-state index contributed by atoms with van der Waals surface area (Å²) in [5, 5.41) is 3.00. The molecule has 12 nitrogen and oxygen atoms in total. The lowest BCUT2D eigenvalue weighted by Gasteiger charge is -2.28. The monoisotopic (exact) mass is 567 g/mol. The van der Waals surface area contributed by atoms with Crippen LogP contribution >= 0.6 is 0 Å². The third-order valence-corrected chi connectivity index (χ3v) is 12.0. The van der Waals surface area contributed by atoms with Crippen molar-refractivity contribution >= 4 is 35.5 Å². The highest BCUT2D eigenvalue weighted by atomic mass is 28.4. The molecule has 0 radical (unpaired) electrons. The molecule has 0 aliphatic rings. The first-order valence-corrected chi connectivity index (χ1v) is 16.6. The highest BCUT2D eigenvalue weighted by Gasteiger charge is 2.38. The number of nitrogens with one attached hydrogen (secondary N) is 1. The molecule has 0 rings (SSSR count). The van der Waals surface area contributed by atoms with Crippen LogP contribution in [0.1, 0.15) is 52.4 Å². The first kappa shape index (κ1) is 35.6. The van der Waals surface area contributed by atoms with E-state index in [-0.39, 0.29) is 17.8 Å². The number of urea groups is 1. The average Bonchev–Trinajstić information content (AvgIpc) is 2.89. The fourth-order valence-corrected chi connectivity index (χ4v) is 7.40. The Balaban J connectivity index is 4.76. The van der Waals surface area contributed by atoms with E-state index in [1.165, 1.54) is 18.7 Å². The summed E-state index contributed by atoms with van der Waals surface area (Å²) in [6.07, 6.45) is 4.63. The maximum atomic E-state index is 13.0. The molecule has 1 N–H and O–H groups in total. The maximum Gasteiger partial charge on any atom is 0.500 e. The predicted molar refractivity (Wildman–Crippen MR) is 144 cm³/mol. The normalized spacial score (nSPS) is 11.9. The van der Waals surface area contributed by atoms with E-state index in [1.807, 2.05) is 0 Å². The van der Waals surface area contributed by atoms with E-state index >= 15 is 0 Å². The van der Waals surface area contributed by atoms with Crippen molar-refractivity contribution < 1.29 is 40.9 Å². The van der Waals surface area contributed by atoms with E-state index < -0.39 is 17.6 Å². The van der Waals surface area contributed by atoms with Crippen molar-refractivity contribution in [3.05, 3.63) is 0 Å². The minimum atomic E-state index is -2.72. The molecule has 0 aliphatic heterocycles. The van der Waals surface area contributed by atoms with Gasteiger partial charge in [-0.05, 0) is 25.7 Å². The van der Waals surface area contributed by atoms with Crippen LogP contribution in [0, 0.1) is 0 Å². The van der Waals surface area contributed by atoms with E-state index in [1.54, 1.807) is 47.6 Å².